The lowest BCUT2D eigenvalue weighted by Gasteiger charge is -2.24. The molecule has 18 heavy (non-hydrogen) atoms. The molecule has 0 spiro atoms. The van der Waals surface area contributed by atoms with Gasteiger partial charge in [-0.3, -0.25) is 0 Å². The highest BCUT2D eigenvalue weighted by atomic mass is 79.9. The molecule has 0 atom stereocenters. The molecular formula is C13H19BrClNO2. The first-order valence-electron chi connectivity index (χ1n) is 5.80. The molecular weight excluding hydrogens is 318 g/mol. The molecule has 0 amide bonds. The summed E-state index contributed by atoms with van der Waals surface area (Å²) in [5, 5.41) is 1.55. The van der Waals surface area contributed by atoms with Gasteiger partial charge in [0.25, 0.3) is 0 Å². The Kier molecular flexibility index (Phi) is 7.66. The molecule has 0 aliphatic carbocycles. The van der Waals surface area contributed by atoms with Crippen LogP contribution < -0.4 is 4.90 Å². The average molecular weight is 337 g/mol. The number of hydrogen-bond acceptors (Lipinski definition) is 3. The van der Waals surface area contributed by atoms with Crippen LogP contribution in [0.15, 0.2) is 18.2 Å². The monoisotopic (exact) mass is 335 g/mol. The highest BCUT2D eigenvalue weighted by molar-refractivity contribution is 9.08. The van der Waals surface area contributed by atoms with Crippen LogP contribution in [0.25, 0.3) is 0 Å². The predicted molar refractivity (Wildman–Crippen MR) is 80.0 cm³/mol. The van der Waals surface area contributed by atoms with E-state index in [4.69, 9.17) is 21.1 Å². The fourth-order valence-corrected chi connectivity index (χ4v) is 2.51. The molecule has 102 valence electrons. The first kappa shape index (κ1) is 15.8. The van der Waals surface area contributed by atoms with Crippen LogP contribution in [-0.2, 0) is 14.8 Å². The Balaban J connectivity index is 2.79. The van der Waals surface area contributed by atoms with Crippen molar-refractivity contribution in [3.63, 3.8) is 0 Å². The van der Waals surface area contributed by atoms with Gasteiger partial charge in [0.05, 0.1) is 13.2 Å². The number of anilines is 1. The largest absolute Gasteiger partial charge is 0.383 e. The first-order valence-corrected chi connectivity index (χ1v) is 7.30. The van der Waals surface area contributed by atoms with E-state index >= 15 is 0 Å². The lowest BCUT2D eigenvalue weighted by molar-refractivity contribution is 0.190. The number of halogens is 2. The van der Waals surface area contributed by atoms with Gasteiger partial charge in [-0.25, -0.2) is 0 Å². The van der Waals surface area contributed by atoms with Crippen LogP contribution in [0.1, 0.15) is 5.56 Å². The number of nitrogens with zero attached hydrogens (tertiary/aromatic N) is 1. The number of benzene rings is 1. The van der Waals surface area contributed by atoms with Crippen molar-refractivity contribution in [3.8, 4) is 0 Å². The van der Waals surface area contributed by atoms with Crippen molar-refractivity contribution < 1.29 is 9.47 Å². The topological polar surface area (TPSA) is 21.7 Å². The van der Waals surface area contributed by atoms with Gasteiger partial charge in [0.1, 0.15) is 0 Å². The molecule has 0 radical (unpaired) electrons. The van der Waals surface area contributed by atoms with E-state index in [-0.39, 0.29) is 0 Å². The standard InChI is InChI=1S/C13H19BrClNO2/c1-17-7-5-16(6-8-18-2)12-4-3-11(10-14)13(15)9-12/h3-4,9H,5-8,10H2,1-2H3. The van der Waals surface area contributed by atoms with E-state index < -0.39 is 0 Å². The molecule has 0 heterocycles. The van der Waals surface area contributed by atoms with E-state index in [0.29, 0.717) is 13.2 Å². The maximum Gasteiger partial charge on any atom is 0.0637 e. The van der Waals surface area contributed by atoms with Gasteiger partial charge in [0, 0.05) is 43.3 Å². The zero-order chi connectivity index (χ0) is 13.4. The molecule has 0 aromatic heterocycles. The lowest BCUT2D eigenvalue weighted by atomic mass is 10.2. The van der Waals surface area contributed by atoms with E-state index in [1.165, 1.54) is 0 Å². The van der Waals surface area contributed by atoms with Crippen molar-refractivity contribution in [3.05, 3.63) is 28.8 Å². The van der Waals surface area contributed by atoms with Crippen molar-refractivity contribution in [2.45, 2.75) is 5.33 Å². The van der Waals surface area contributed by atoms with Crippen LogP contribution in [0.4, 0.5) is 5.69 Å². The molecule has 0 bridgehead atoms. The third-order valence-corrected chi connectivity index (χ3v) is 3.63. The Hall–Kier alpha value is -0.290. The second-order valence-corrected chi connectivity index (χ2v) is 4.85. The van der Waals surface area contributed by atoms with E-state index in [1.807, 2.05) is 12.1 Å². The number of alkyl halides is 1. The number of ether oxygens (including phenoxy) is 2. The van der Waals surface area contributed by atoms with Crippen LogP contribution >= 0.6 is 27.5 Å². The van der Waals surface area contributed by atoms with Crippen molar-refractivity contribution in [2.24, 2.45) is 0 Å². The minimum absolute atomic E-state index is 0.682. The summed E-state index contributed by atoms with van der Waals surface area (Å²) >= 11 is 9.64. The zero-order valence-electron chi connectivity index (χ0n) is 10.8. The second kappa shape index (κ2) is 8.75. The normalized spacial score (nSPS) is 10.7. The molecule has 3 nitrogen and oxygen atoms in total. The summed E-state index contributed by atoms with van der Waals surface area (Å²) in [5.74, 6) is 0. The summed E-state index contributed by atoms with van der Waals surface area (Å²) in [6, 6.07) is 6.11. The maximum atomic E-state index is 6.22. The first-order chi connectivity index (χ1) is 8.72. The maximum absolute atomic E-state index is 6.22. The van der Waals surface area contributed by atoms with Gasteiger partial charge in [-0.15, -0.1) is 0 Å². The van der Waals surface area contributed by atoms with Gasteiger partial charge < -0.3 is 14.4 Å². The highest BCUT2D eigenvalue weighted by Crippen LogP contribution is 2.25. The molecule has 0 unspecified atom stereocenters. The number of rotatable bonds is 8. The molecule has 0 N–H and O–H groups in total. The summed E-state index contributed by atoms with van der Waals surface area (Å²) in [6.45, 7) is 3.01. The smallest absolute Gasteiger partial charge is 0.0637 e. The third-order valence-electron chi connectivity index (χ3n) is 2.68. The third kappa shape index (κ3) is 4.76. The zero-order valence-corrected chi connectivity index (χ0v) is 13.1. The number of hydrogen-bond donors (Lipinski definition) is 0. The molecule has 0 fully saturated rings. The van der Waals surface area contributed by atoms with Gasteiger partial charge in [-0.1, -0.05) is 33.6 Å². The van der Waals surface area contributed by atoms with Crippen LogP contribution in [-0.4, -0.2) is 40.5 Å². The summed E-state index contributed by atoms with van der Waals surface area (Å²) in [4.78, 5) is 2.21. The summed E-state index contributed by atoms with van der Waals surface area (Å²) < 4.78 is 10.3. The minimum Gasteiger partial charge on any atom is -0.383 e. The summed E-state index contributed by atoms with van der Waals surface area (Å²) in [5.41, 5.74) is 2.19. The Morgan fingerprint density at radius 3 is 2.22 bits per heavy atom. The highest BCUT2D eigenvalue weighted by Gasteiger charge is 2.08. The van der Waals surface area contributed by atoms with Crippen molar-refractivity contribution in [1.82, 2.24) is 0 Å². The van der Waals surface area contributed by atoms with E-state index in [2.05, 4.69) is 26.9 Å². The minimum atomic E-state index is 0.682. The molecule has 0 aliphatic heterocycles. The molecule has 1 aromatic carbocycles. The van der Waals surface area contributed by atoms with Gasteiger partial charge in [0.15, 0.2) is 0 Å². The predicted octanol–water partition coefficient (Wildman–Crippen LogP) is 3.33. The summed E-state index contributed by atoms with van der Waals surface area (Å²) in [6.07, 6.45) is 0. The quantitative estimate of drug-likeness (QED) is 0.680. The van der Waals surface area contributed by atoms with E-state index in [9.17, 15) is 0 Å². The van der Waals surface area contributed by atoms with Gasteiger partial charge in [-0.2, -0.15) is 0 Å². The Bertz CT molecular complexity index is 355. The van der Waals surface area contributed by atoms with Crippen molar-refractivity contribution in [2.75, 3.05) is 45.4 Å². The molecule has 0 saturated heterocycles. The van der Waals surface area contributed by atoms with Crippen LogP contribution in [0.2, 0.25) is 5.02 Å². The van der Waals surface area contributed by atoms with Crippen LogP contribution in [0, 0.1) is 0 Å². The van der Waals surface area contributed by atoms with Crippen molar-refractivity contribution >= 4 is 33.2 Å². The van der Waals surface area contributed by atoms with Gasteiger partial charge in [0.2, 0.25) is 0 Å². The van der Waals surface area contributed by atoms with Crippen LogP contribution in [0.5, 0.6) is 0 Å². The van der Waals surface area contributed by atoms with Gasteiger partial charge in [-0.05, 0) is 17.7 Å². The SMILES string of the molecule is COCCN(CCOC)c1ccc(CBr)c(Cl)c1. The molecule has 5 heteroatoms. The Morgan fingerprint density at radius 2 is 1.78 bits per heavy atom. The fraction of sp³-hybridized carbons (Fsp3) is 0.538. The second-order valence-electron chi connectivity index (χ2n) is 3.88. The average Bonchev–Trinajstić information content (AvgIpc) is 2.39. The lowest BCUT2D eigenvalue weighted by Crippen LogP contribution is -2.30. The molecule has 1 aromatic rings. The Morgan fingerprint density at radius 1 is 1.17 bits per heavy atom. The van der Waals surface area contributed by atoms with E-state index in [1.54, 1.807) is 14.2 Å². The summed E-state index contributed by atoms with van der Waals surface area (Å²) in [7, 11) is 3.41. The van der Waals surface area contributed by atoms with Gasteiger partial charge >= 0.3 is 0 Å². The van der Waals surface area contributed by atoms with E-state index in [0.717, 1.165) is 34.7 Å². The number of methoxy groups -OCH3 is 2. The molecule has 0 aliphatic rings. The van der Waals surface area contributed by atoms with Crippen molar-refractivity contribution in [1.29, 1.82) is 0 Å². The fourth-order valence-electron chi connectivity index (χ4n) is 1.61. The Labute approximate surface area is 122 Å². The van der Waals surface area contributed by atoms with Crippen LogP contribution in [0.3, 0.4) is 0 Å². The molecule has 0 saturated carbocycles. The molecule has 1 rings (SSSR count).